The lowest BCUT2D eigenvalue weighted by Crippen LogP contribution is -2.09. The fourth-order valence-electron chi connectivity index (χ4n) is 1.67. The van der Waals surface area contributed by atoms with E-state index in [1.54, 1.807) is 6.08 Å². The lowest BCUT2D eigenvalue weighted by molar-refractivity contribution is 1.02. The Labute approximate surface area is 131 Å². The summed E-state index contributed by atoms with van der Waals surface area (Å²) in [4.78, 5) is 0. The zero-order valence-corrected chi connectivity index (χ0v) is 12.5. The second-order valence-corrected chi connectivity index (χ2v) is 4.71. The third-order valence-corrected chi connectivity index (χ3v) is 2.78. The van der Waals surface area contributed by atoms with Crippen molar-refractivity contribution in [2.75, 3.05) is 0 Å². The fourth-order valence-corrected chi connectivity index (χ4v) is 1.67. The van der Waals surface area contributed by atoms with E-state index in [4.69, 9.17) is 22.3 Å². The van der Waals surface area contributed by atoms with Gasteiger partial charge in [0, 0.05) is 6.42 Å². The zero-order valence-electron chi connectivity index (χ0n) is 12.5. The summed E-state index contributed by atoms with van der Waals surface area (Å²) < 4.78 is 0. The molecule has 4 nitrogen and oxygen atoms in total. The molecule has 0 heterocycles. The quantitative estimate of drug-likeness (QED) is 0.503. The molecular weight excluding hydrogens is 272 g/mol. The summed E-state index contributed by atoms with van der Waals surface area (Å²) in [5.41, 5.74) is 12.7. The topological polar surface area (TPSA) is 99.7 Å². The number of benzene rings is 2. The molecule has 0 saturated carbocycles. The minimum atomic E-state index is 0.0776. The van der Waals surface area contributed by atoms with Crippen LogP contribution in [0.15, 0.2) is 66.7 Å². The van der Waals surface area contributed by atoms with E-state index in [1.165, 1.54) is 5.56 Å². The van der Waals surface area contributed by atoms with Gasteiger partial charge in [-0.3, -0.25) is 10.8 Å². The van der Waals surface area contributed by atoms with Crippen LogP contribution in [0.25, 0.3) is 6.08 Å². The molecule has 0 amide bonds. The van der Waals surface area contributed by atoms with Crippen LogP contribution in [0.3, 0.4) is 0 Å². The lowest BCUT2D eigenvalue weighted by atomic mass is 10.1. The molecule has 2 rings (SSSR count). The van der Waals surface area contributed by atoms with E-state index in [-0.39, 0.29) is 11.7 Å². The molecule has 2 aromatic carbocycles. The summed E-state index contributed by atoms with van der Waals surface area (Å²) in [5.74, 6) is 0.336. The van der Waals surface area contributed by atoms with Gasteiger partial charge in [0.25, 0.3) is 0 Å². The molecule has 4 heteroatoms. The van der Waals surface area contributed by atoms with Crippen molar-refractivity contribution >= 4 is 17.7 Å². The first kappa shape index (κ1) is 17.2. The molecule has 0 bridgehead atoms. The second-order valence-electron chi connectivity index (χ2n) is 4.71. The van der Waals surface area contributed by atoms with Crippen LogP contribution < -0.4 is 11.5 Å². The van der Waals surface area contributed by atoms with Gasteiger partial charge in [-0.2, -0.15) is 0 Å². The molecule has 0 atom stereocenters. The highest BCUT2D eigenvalue weighted by Crippen LogP contribution is 2.01. The Morgan fingerprint density at radius 2 is 1.41 bits per heavy atom. The van der Waals surface area contributed by atoms with Crippen LogP contribution >= 0.6 is 0 Å². The molecule has 0 spiro atoms. The van der Waals surface area contributed by atoms with E-state index in [1.807, 2.05) is 66.7 Å². The second kappa shape index (κ2) is 9.94. The smallest absolute Gasteiger partial charge is 0.115 e. The molecule has 0 saturated heterocycles. The molecule has 22 heavy (non-hydrogen) atoms. The van der Waals surface area contributed by atoms with Gasteiger partial charge in [0.2, 0.25) is 0 Å². The Bertz CT molecular complexity index is 603. The van der Waals surface area contributed by atoms with Gasteiger partial charge in [0.1, 0.15) is 5.84 Å². The van der Waals surface area contributed by atoms with Crippen LogP contribution in [0.5, 0.6) is 0 Å². The molecule has 0 unspecified atom stereocenters. The maximum atomic E-state index is 7.02. The highest BCUT2D eigenvalue weighted by atomic mass is 14.7. The number of hydrogen-bond donors (Lipinski definition) is 4. The third kappa shape index (κ3) is 8.32. The van der Waals surface area contributed by atoms with Crippen LogP contribution in [0.2, 0.25) is 0 Å². The van der Waals surface area contributed by atoms with Crippen molar-refractivity contribution < 1.29 is 0 Å². The largest absolute Gasteiger partial charge is 0.388 e. The van der Waals surface area contributed by atoms with Crippen molar-refractivity contribution in [3.63, 3.8) is 0 Å². The van der Waals surface area contributed by atoms with E-state index in [2.05, 4.69) is 0 Å². The van der Waals surface area contributed by atoms with Gasteiger partial charge >= 0.3 is 0 Å². The van der Waals surface area contributed by atoms with Crippen molar-refractivity contribution in [3.8, 4) is 0 Å². The Morgan fingerprint density at radius 3 is 1.91 bits per heavy atom. The molecule has 0 fully saturated rings. The summed E-state index contributed by atoms with van der Waals surface area (Å²) in [7, 11) is 0. The van der Waals surface area contributed by atoms with E-state index < -0.39 is 0 Å². The Kier molecular flexibility index (Phi) is 7.76. The number of nitrogens with two attached hydrogens (primary N) is 2. The van der Waals surface area contributed by atoms with Crippen molar-refractivity contribution in [2.45, 2.75) is 12.8 Å². The Morgan fingerprint density at radius 1 is 0.864 bits per heavy atom. The number of amidine groups is 2. The Balaban J connectivity index is 0.000000220. The first-order valence-electron chi connectivity index (χ1n) is 7.02. The van der Waals surface area contributed by atoms with Crippen molar-refractivity contribution in [1.82, 2.24) is 0 Å². The van der Waals surface area contributed by atoms with Crippen LogP contribution in [0, 0.1) is 10.8 Å². The zero-order chi connectivity index (χ0) is 16.2. The van der Waals surface area contributed by atoms with Crippen LogP contribution in [-0.2, 0) is 6.42 Å². The van der Waals surface area contributed by atoms with Crippen molar-refractivity contribution in [3.05, 3.63) is 77.9 Å². The molecular formula is C18H22N4. The number of nitrogens with one attached hydrogen (secondary N) is 2. The molecule has 0 aliphatic carbocycles. The van der Waals surface area contributed by atoms with Gasteiger partial charge < -0.3 is 11.5 Å². The molecule has 0 aliphatic heterocycles. The predicted molar refractivity (Wildman–Crippen MR) is 94.1 cm³/mol. The predicted octanol–water partition coefficient (Wildman–Crippen LogP) is 3.19. The first-order valence-corrected chi connectivity index (χ1v) is 7.02. The summed E-state index contributed by atoms with van der Waals surface area (Å²) >= 11 is 0. The highest BCUT2D eigenvalue weighted by Gasteiger charge is 1.92. The van der Waals surface area contributed by atoms with E-state index in [0.29, 0.717) is 6.42 Å². The molecule has 0 aliphatic rings. The highest BCUT2D eigenvalue weighted by molar-refractivity contribution is 5.92. The fraction of sp³-hybridized carbons (Fsp3) is 0.111. The van der Waals surface area contributed by atoms with Gasteiger partial charge in [-0.15, -0.1) is 0 Å². The van der Waals surface area contributed by atoms with Gasteiger partial charge in [0.05, 0.1) is 5.84 Å². The average molecular weight is 294 g/mol. The number of hydrogen-bond acceptors (Lipinski definition) is 2. The van der Waals surface area contributed by atoms with Gasteiger partial charge in [-0.05, 0) is 23.6 Å². The lowest BCUT2D eigenvalue weighted by Gasteiger charge is -1.97. The molecule has 2 aromatic rings. The van der Waals surface area contributed by atoms with E-state index >= 15 is 0 Å². The van der Waals surface area contributed by atoms with E-state index in [0.717, 1.165) is 12.0 Å². The molecule has 0 aromatic heterocycles. The monoisotopic (exact) mass is 294 g/mol. The summed E-state index contributed by atoms with van der Waals surface area (Å²) in [5, 5.41) is 14.0. The molecule has 114 valence electrons. The van der Waals surface area contributed by atoms with Crippen molar-refractivity contribution in [2.24, 2.45) is 11.5 Å². The van der Waals surface area contributed by atoms with Crippen LogP contribution in [0.4, 0.5) is 0 Å². The summed E-state index contributed by atoms with van der Waals surface area (Å²) in [6.45, 7) is 0. The maximum Gasteiger partial charge on any atom is 0.115 e. The van der Waals surface area contributed by atoms with Gasteiger partial charge in [-0.1, -0.05) is 66.7 Å². The van der Waals surface area contributed by atoms with Gasteiger partial charge in [0.15, 0.2) is 0 Å². The Hall–Kier alpha value is -2.88. The summed E-state index contributed by atoms with van der Waals surface area (Å²) in [6.07, 6.45) is 4.90. The third-order valence-electron chi connectivity index (χ3n) is 2.78. The normalized spacial score (nSPS) is 9.82. The average Bonchev–Trinajstić information content (AvgIpc) is 2.53. The number of rotatable bonds is 5. The first-order chi connectivity index (χ1) is 10.6. The van der Waals surface area contributed by atoms with Gasteiger partial charge in [-0.25, -0.2) is 0 Å². The SMILES string of the molecule is N=C(N)/C=C/c1ccccc1.N=C(N)CCc1ccccc1. The molecule has 6 N–H and O–H groups in total. The number of aryl methyl sites for hydroxylation is 1. The minimum absolute atomic E-state index is 0.0776. The standard InChI is InChI=1S/C9H12N2.C9H10N2/c2*10-9(11)7-6-8-4-2-1-3-5-8/h1-5H,6-7H2,(H3,10,11);1-7H,(H3,10,11)/b;7-6+. The van der Waals surface area contributed by atoms with Crippen LogP contribution in [0.1, 0.15) is 17.5 Å². The van der Waals surface area contributed by atoms with Crippen LogP contribution in [-0.4, -0.2) is 11.7 Å². The van der Waals surface area contributed by atoms with E-state index in [9.17, 15) is 0 Å². The minimum Gasteiger partial charge on any atom is -0.388 e. The molecule has 0 radical (unpaired) electrons. The van der Waals surface area contributed by atoms with Crippen molar-refractivity contribution in [1.29, 1.82) is 10.8 Å². The summed E-state index contributed by atoms with van der Waals surface area (Å²) in [6, 6.07) is 19.8. The maximum absolute atomic E-state index is 7.02.